The van der Waals surface area contributed by atoms with Gasteiger partial charge in [0.05, 0.1) is 24.8 Å². The average Bonchev–Trinajstić information content (AvgIpc) is 2.62. The molecule has 1 atom stereocenters. The van der Waals surface area contributed by atoms with Gasteiger partial charge in [-0.05, 0) is 55.3 Å². The van der Waals surface area contributed by atoms with Crippen molar-refractivity contribution < 1.29 is 14.3 Å². The summed E-state index contributed by atoms with van der Waals surface area (Å²) in [5.41, 5.74) is 1.74. The molecule has 1 heterocycles. The van der Waals surface area contributed by atoms with Gasteiger partial charge in [-0.15, -0.1) is 0 Å². The summed E-state index contributed by atoms with van der Waals surface area (Å²) in [6.07, 6.45) is 6.53. The van der Waals surface area contributed by atoms with Gasteiger partial charge in [-0.25, -0.2) is 0 Å². The normalized spacial score (nSPS) is 12.0. The van der Waals surface area contributed by atoms with Gasteiger partial charge in [-0.1, -0.05) is 11.6 Å². The van der Waals surface area contributed by atoms with E-state index in [1.807, 2.05) is 26.0 Å². The Morgan fingerprint density at radius 3 is 2.72 bits per heavy atom. The van der Waals surface area contributed by atoms with Crippen LogP contribution in [0.3, 0.4) is 0 Å². The largest absolute Gasteiger partial charge is 0.493 e. The zero-order valence-electron chi connectivity index (χ0n) is 14.5. The van der Waals surface area contributed by atoms with Crippen LogP contribution in [-0.2, 0) is 4.79 Å². The summed E-state index contributed by atoms with van der Waals surface area (Å²) in [4.78, 5) is 16.1. The lowest BCUT2D eigenvalue weighted by Crippen LogP contribution is -2.24. The van der Waals surface area contributed by atoms with Gasteiger partial charge in [0.15, 0.2) is 11.5 Å². The van der Waals surface area contributed by atoms with Gasteiger partial charge in [0.1, 0.15) is 0 Å². The molecule has 2 rings (SSSR count). The molecule has 1 aromatic carbocycles. The van der Waals surface area contributed by atoms with Crippen molar-refractivity contribution >= 4 is 23.6 Å². The van der Waals surface area contributed by atoms with Crippen molar-refractivity contribution in [3.63, 3.8) is 0 Å². The number of nitrogens with zero attached hydrogens (tertiary/aromatic N) is 1. The second-order valence-corrected chi connectivity index (χ2v) is 5.72. The van der Waals surface area contributed by atoms with E-state index in [1.165, 1.54) is 6.08 Å². The van der Waals surface area contributed by atoms with Crippen LogP contribution in [0.1, 0.15) is 31.0 Å². The fourth-order valence-corrected chi connectivity index (χ4v) is 2.56. The standard InChI is InChI=1S/C19H21ClN2O3/c1-4-25-19-16(20)11-14(12-17(19)24-3)5-6-18(23)22-13(2)15-7-9-21-10-8-15/h5-13H,4H2,1-3H3,(H,22,23)/b6-5+. The molecule has 0 spiro atoms. The Labute approximate surface area is 152 Å². The molecule has 0 radical (unpaired) electrons. The quantitative estimate of drug-likeness (QED) is 0.757. The number of hydrogen-bond donors (Lipinski definition) is 1. The Morgan fingerprint density at radius 1 is 1.36 bits per heavy atom. The number of amides is 1. The molecule has 0 fully saturated rings. The van der Waals surface area contributed by atoms with E-state index in [0.29, 0.717) is 23.1 Å². The Morgan fingerprint density at radius 2 is 2.08 bits per heavy atom. The summed E-state index contributed by atoms with van der Waals surface area (Å²) < 4.78 is 10.8. The average molecular weight is 361 g/mol. The zero-order chi connectivity index (χ0) is 18.2. The van der Waals surface area contributed by atoms with Crippen LogP contribution in [0.2, 0.25) is 5.02 Å². The van der Waals surface area contributed by atoms with Crippen molar-refractivity contribution in [1.82, 2.24) is 10.3 Å². The van der Waals surface area contributed by atoms with Gasteiger partial charge in [0, 0.05) is 18.5 Å². The maximum atomic E-state index is 12.1. The number of benzene rings is 1. The fraction of sp³-hybridized carbons (Fsp3) is 0.263. The van der Waals surface area contributed by atoms with Crippen LogP contribution >= 0.6 is 11.6 Å². The molecule has 2 aromatic rings. The molecule has 0 aliphatic heterocycles. The molecule has 6 heteroatoms. The number of pyridine rings is 1. The molecule has 5 nitrogen and oxygen atoms in total. The van der Waals surface area contributed by atoms with Gasteiger partial charge in [-0.2, -0.15) is 0 Å². The molecule has 1 N–H and O–H groups in total. The molecule has 132 valence electrons. The van der Waals surface area contributed by atoms with Crippen LogP contribution in [0.15, 0.2) is 42.7 Å². The van der Waals surface area contributed by atoms with Crippen molar-refractivity contribution in [1.29, 1.82) is 0 Å². The Bertz CT molecular complexity index is 748. The highest BCUT2D eigenvalue weighted by Gasteiger charge is 2.11. The van der Waals surface area contributed by atoms with Crippen molar-refractivity contribution in [2.75, 3.05) is 13.7 Å². The number of ether oxygens (including phenoxy) is 2. The summed E-state index contributed by atoms with van der Waals surface area (Å²) in [6, 6.07) is 7.12. The molecule has 1 aromatic heterocycles. The van der Waals surface area contributed by atoms with Gasteiger partial charge in [0.25, 0.3) is 0 Å². The maximum Gasteiger partial charge on any atom is 0.244 e. The number of carbonyl (C=O) groups is 1. The molecule has 0 saturated carbocycles. The lowest BCUT2D eigenvalue weighted by Gasteiger charge is -2.13. The zero-order valence-corrected chi connectivity index (χ0v) is 15.2. The minimum Gasteiger partial charge on any atom is -0.493 e. The first kappa shape index (κ1) is 18.8. The third-order valence-corrected chi connectivity index (χ3v) is 3.81. The summed E-state index contributed by atoms with van der Waals surface area (Å²) in [7, 11) is 1.55. The third kappa shape index (κ3) is 5.22. The smallest absolute Gasteiger partial charge is 0.244 e. The van der Waals surface area contributed by atoms with Crippen molar-refractivity contribution in [2.24, 2.45) is 0 Å². The Balaban J connectivity index is 2.08. The van der Waals surface area contributed by atoms with E-state index in [2.05, 4.69) is 10.3 Å². The van der Waals surface area contributed by atoms with Crippen LogP contribution in [0, 0.1) is 0 Å². The number of carbonyl (C=O) groups excluding carboxylic acids is 1. The first-order chi connectivity index (χ1) is 12.0. The minimum atomic E-state index is -0.201. The van der Waals surface area contributed by atoms with E-state index in [-0.39, 0.29) is 11.9 Å². The number of rotatable bonds is 7. The predicted octanol–water partition coefficient (Wildman–Crippen LogP) is 4.03. The first-order valence-electron chi connectivity index (χ1n) is 7.94. The Kier molecular flexibility index (Phi) is 6.83. The highest BCUT2D eigenvalue weighted by molar-refractivity contribution is 6.32. The molecule has 0 aliphatic carbocycles. The highest BCUT2D eigenvalue weighted by Crippen LogP contribution is 2.36. The summed E-state index contributed by atoms with van der Waals surface area (Å²) >= 11 is 6.23. The van der Waals surface area contributed by atoms with E-state index in [0.717, 1.165) is 11.1 Å². The maximum absolute atomic E-state index is 12.1. The van der Waals surface area contributed by atoms with E-state index in [9.17, 15) is 4.79 Å². The second kappa shape index (κ2) is 9.08. The molecule has 1 amide bonds. The van der Waals surface area contributed by atoms with E-state index < -0.39 is 0 Å². The molecular formula is C19H21ClN2O3. The van der Waals surface area contributed by atoms with E-state index in [4.69, 9.17) is 21.1 Å². The molecule has 0 saturated heterocycles. The molecule has 0 aliphatic rings. The van der Waals surface area contributed by atoms with Crippen LogP contribution in [-0.4, -0.2) is 24.6 Å². The highest BCUT2D eigenvalue weighted by atomic mass is 35.5. The topological polar surface area (TPSA) is 60.5 Å². The molecule has 1 unspecified atom stereocenters. The van der Waals surface area contributed by atoms with Gasteiger partial charge >= 0.3 is 0 Å². The van der Waals surface area contributed by atoms with E-state index in [1.54, 1.807) is 37.7 Å². The molecule has 0 bridgehead atoms. The first-order valence-corrected chi connectivity index (χ1v) is 8.31. The lowest BCUT2D eigenvalue weighted by molar-refractivity contribution is -0.117. The number of aromatic nitrogens is 1. The summed E-state index contributed by atoms with van der Waals surface area (Å²) in [5, 5.41) is 3.34. The number of hydrogen-bond acceptors (Lipinski definition) is 4. The monoisotopic (exact) mass is 360 g/mol. The van der Waals surface area contributed by atoms with Crippen molar-refractivity contribution in [3.8, 4) is 11.5 Å². The second-order valence-electron chi connectivity index (χ2n) is 5.31. The van der Waals surface area contributed by atoms with Crippen molar-refractivity contribution in [2.45, 2.75) is 19.9 Å². The van der Waals surface area contributed by atoms with Crippen LogP contribution in [0.4, 0.5) is 0 Å². The fourth-order valence-electron chi connectivity index (χ4n) is 2.29. The van der Waals surface area contributed by atoms with Crippen LogP contribution in [0.5, 0.6) is 11.5 Å². The van der Waals surface area contributed by atoms with Crippen LogP contribution in [0.25, 0.3) is 6.08 Å². The predicted molar refractivity (Wildman–Crippen MR) is 99.0 cm³/mol. The molecular weight excluding hydrogens is 340 g/mol. The van der Waals surface area contributed by atoms with Gasteiger partial charge in [-0.3, -0.25) is 9.78 Å². The third-order valence-electron chi connectivity index (χ3n) is 3.53. The number of methoxy groups -OCH3 is 1. The van der Waals surface area contributed by atoms with E-state index >= 15 is 0 Å². The van der Waals surface area contributed by atoms with Crippen molar-refractivity contribution in [3.05, 3.63) is 58.9 Å². The minimum absolute atomic E-state index is 0.112. The van der Waals surface area contributed by atoms with Crippen LogP contribution < -0.4 is 14.8 Å². The number of nitrogens with one attached hydrogen (secondary N) is 1. The SMILES string of the molecule is CCOc1c(Cl)cc(/C=C/C(=O)NC(C)c2ccncc2)cc1OC. The lowest BCUT2D eigenvalue weighted by atomic mass is 10.1. The van der Waals surface area contributed by atoms with Gasteiger partial charge < -0.3 is 14.8 Å². The summed E-state index contributed by atoms with van der Waals surface area (Å²) in [5.74, 6) is 0.826. The number of halogens is 1. The molecule has 25 heavy (non-hydrogen) atoms. The summed E-state index contributed by atoms with van der Waals surface area (Å²) in [6.45, 7) is 4.27. The van der Waals surface area contributed by atoms with Gasteiger partial charge in [0.2, 0.25) is 5.91 Å². The Hall–Kier alpha value is -2.53.